The lowest BCUT2D eigenvalue weighted by molar-refractivity contribution is 0.223. The van der Waals surface area contributed by atoms with Crippen LogP contribution < -0.4 is 4.74 Å². The first-order chi connectivity index (χ1) is 19.4. The van der Waals surface area contributed by atoms with E-state index in [1.807, 2.05) is 0 Å². The summed E-state index contributed by atoms with van der Waals surface area (Å²) in [6, 6.07) is 20.5. The minimum Gasteiger partial charge on any atom is -0.494 e. The molecule has 0 amide bonds. The zero-order valence-electron chi connectivity index (χ0n) is 26.2. The van der Waals surface area contributed by atoms with Crippen LogP contribution in [0.4, 0.5) is 0 Å². The number of unbranched alkanes of at least 4 members (excludes halogenated alkanes) is 6. The zero-order valence-corrected chi connectivity index (χ0v) is 26.2. The highest BCUT2D eigenvalue weighted by molar-refractivity contribution is 5.64. The van der Waals surface area contributed by atoms with Crippen molar-refractivity contribution in [3.05, 3.63) is 54.1 Å². The molecule has 1 aliphatic rings. The molecule has 1 aliphatic carbocycles. The van der Waals surface area contributed by atoms with Gasteiger partial charge in [0, 0.05) is 0 Å². The van der Waals surface area contributed by atoms with Gasteiger partial charge in [-0.1, -0.05) is 128 Å². The molecule has 0 heterocycles. The van der Waals surface area contributed by atoms with Gasteiger partial charge in [-0.15, -0.1) is 0 Å². The molecule has 1 fully saturated rings. The third kappa shape index (κ3) is 11.0. The molecule has 2 aromatic carbocycles. The van der Waals surface area contributed by atoms with Crippen LogP contribution in [0, 0.1) is 28.6 Å². The molecule has 3 rings (SSSR count). The Morgan fingerprint density at radius 3 is 1.98 bits per heavy atom. The largest absolute Gasteiger partial charge is 0.494 e. The molecule has 0 aromatic heterocycles. The molecule has 0 saturated heterocycles. The van der Waals surface area contributed by atoms with Crippen molar-refractivity contribution in [3.63, 3.8) is 0 Å². The molecule has 1 atom stereocenters. The predicted octanol–water partition coefficient (Wildman–Crippen LogP) is 11.9. The SMILES string of the molecule is CCCCCCCCCC1(C#N)CCC(c2ccc(-c3ccc(OCCC(C)CCCC(C)C)cc3)cc2)CC1. The lowest BCUT2D eigenvalue weighted by atomic mass is 9.67. The molecule has 2 nitrogen and oxygen atoms in total. The average Bonchev–Trinajstić information content (AvgIpc) is 2.97. The van der Waals surface area contributed by atoms with Crippen LogP contribution in [0.2, 0.25) is 0 Å². The van der Waals surface area contributed by atoms with E-state index in [4.69, 9.17) is 4.74 Å². The Morgan fingerprint density at radius 1 is 0.775 bits per heavy atom. The predicted molar refractivity (Wildman–Crippen MR) is 172 cm³/mol. The summed E-state index contributed by atoms with van der Waals surface area (Å²) < 4.78 is 6.05. The maximum Gasteiger partial charge on any atom is 0.119 e. The minimum atomic E-state index is -0.0739. The monoisotopic (exact) mass is 543 g/mol. The third-order valence-electron chi connectivity index (χ3n) is 9.37. The van der Waals surface area contributed by atoms with Gasteiger partial charge in [-0.25, -0.2) is 0 Å². The molecule has 1 saturated carbocycles. The molecule has 0 bridgehead atoms. The summed E-state index contributed by atoms with van der Waals surface area (Å²) in [5.41, 5.74) is 3.86. The molecular formula is C38H57NO. The number of nitrogens with zero attached hydrogens (tertiary/aromatic N) is 1. The molecule has 0 radical (unpaired) electrons. The number of benzene rings is 2. The van der Waals surface area contributed by atoms with Crippen LogP contribution in [0.15, 0.2) is 48.5 Å². The maximum absolute atomic E-state index is 10.0. The smallest absolute Gasteiger partial charge is 0.119 e. The molecule has 2 aromatic rings. The van der Waals surface area contributed by atoms with Gasteiger partial charge >= 0.3 is 0 Å². The van der Waals surface area contributed by atoms with E-state index < -0.39 is 0 Å². The summed E-state index contributed by atoms with van der Waals surface area (Å²) in [6.07, 6.45) is 19.8. The van der Waals surface area contributed by atoms with Crippen molar-refractivity contribution in [1.82, 2.24) is 0 Å². The van der Waals surface area contributed by atoms with E-state index in [1.165, 1.54) is 80.9 Å². The first kappa shape index (κ1) is 32.2. The fourth-order valence-electron chi connectivity index (χ4n) is 6.43. The van der Waals surface area contributed by atoms with E-state index in [-0.39, 0.29) is 5.41 Å². The van der Waals surface area contributed by atoms with Crippen molar-refractivity contribution >= 4 is 0 Å². The lowest BCUT2D eigenvalue weighted by Crippen LogP contribution is -2.25. The summed E-state index contributed by atoms with van der Waals surface area (Å²) in [7, 11) is 0. The molecule has 0 N–H and O–H groups in total. The Hall–Kier alpha value is -2.27. The zero-order chi connectivity index (χ0) is 28.6. The van der Waals surface area contributed by atoms with Crippen LogP contribution in [0.3, 0.4) is 0 Å². The number of rotatable bonds is 18. The van der Waals surface area contributed by atoms with Gasteiger partial charge in [-0.05, 0) is 85.1 Å². The van der Waals surface area contributed by atoms with Crippen LogP contribution >= 0.6 is 0 Å². The average molecular weight is 544 g/mol. The topological polar surface area (TPSA) is 33.0 Å². The van der Waals surface area contributed by atoms with Gasteiger partial charge in [0.1, 0.15) is 5.75 Å². The molecular weight excluding hydrogens is 486 g/mol. The summed E-state index contributed by atoms with van der Waals surface area (Å²) in [4.78, 5) is 0. The second-order valence-electron chi connectivity index (χ2n) is 13.3. The van der Waals surface area contributed by atoms with Gasteiger partial charge in [0.25, 0.3) is 0 Å². The number of hydrogen-bond acceptors (Lipinski definition) is 2. The van der Waals surface area contributed by atoms with Crippen LogP contribution in [-0.4, -0.2) is 6.61 Å². The fraction of sp³-hybridized carbons (Fsp3) is 0.658. The van der Waals surface area contributed by atoms with Gasteiger partial charge in [0.05, 0.1) is 18.1 Å². The minimum absolute atomic E-state index is 0.0739. The van der Waals surface area contributed by atoms with Crippen molar-refractivity contribution in [2.24, 2.45) is 17.3 Å². The van der Waals surface area contributed by atoms with E-state index in [1.54, 1.807) is 0 Å². The number of hydrogen-bond donors (Lipinski definition) is 0. The highest BCUT2D eigenvalue weighted by Gasteiger charge is 2.35. The Bertz CT molecular complexity index is 976. The number of nitriles is 1. The second-order valence-corrected chi connectivity index (χ2v) is 13.3. The maximum atomic E-state index is 10.0. The van der Waals surface area contributed by atoms with Crippen molar-refractivity contribution in [1.29, 1.82) is 5.26 Å². The van der Waals surface area contributed by atoms with Crippen molar-refractivity contribution < 1.29 is 4.74 Å². The molecule has 40 heavy (non-hydrogen) atoms. The Morgan fingerprint density at radius 2 is 1.38 bits per heavy atom. The summed E-state index contributed by atoms with van der Waals surface area (Å²) in [5, 5.41) is 10.0. The first-order valence-electron chi connectivity index (χ1n) is 16.7. The van der Waals surface area contributed by atoms with Gasteiger partial charge < -0.3 is 4.74 Å². The highest BCUT2D eigenvalue weighted by atomic mass is 16.5. The quantitative estimate of drug-likeness (QED) is 0.175. The fourth-order valence-corrected chi connectivity index (χ4v) is 6.43. The molecule has 1 unspecified atom stereocenters. The van der Waals surface area contributed by atoms with Crippen LogP contribution in [0.5, 0.6) is 5.75 Å². The van der Waals surface area contributed by atoms with E-state index in [0.29, 0.717) is 5.92 Å². The van der Waals surface area contributed by atoms with Crippen molar-refractivity contribution in [2.75, 3.05) is 6.61 Å². The lowest BCUT2D eigenvalue weighted by Gasteiger charge is -2.35. The van der Waals surface area contributed by atoms with E-state index in [0.717, 1.165) is 62.7 Å². The Kier molecular flexibility index (Phi) is 14.1. The van der Waals surface area contributed by atoms with Crippen LogP contribution in [-0.2, 0) is 0 Å². The standard InChI is InChI=1S/C38H57NO/c1-5-6-7-8-9-10-11-26-38(30-39)27-23-36(24-28-38)34-17-15-33(16-18-34)35-19-21-37(22-20-35)40-29-25-32(4)14-12-13-31(2)3/h15-22,31-32,36H,5-14,23-29H2,1-4H3. The number of ether oxygens (including phenoxy) is 1. The van der Waals surface area contributed by atoms with Gasteiger partial charge in [0.15, 0.2) is 0 Å². The van der Waals surface area contributed by atoms with Crippen molar-refractivity contribution in [2.45, 2.75) is 136 Å². The molecule has 0 aliphatic heterocycles. The van der Waals surface area contributed by atoms with E-state index in [9.17, 15) is 5.26 Å². The van der Waals surface area contributed by atoms with E-state index in [2.05, 4.69) is 82.3 Å². The Balaban J connectivity index is 1.40. The summed E-state index contributed by atoms with van der Waals surface area (Å²) in [5.74, 6) is 3.09. The first-order valence-corrected chi connectivity index (χ1v) is 16.7. The van der Waals surface area contributed by atoms with E-state index >= 15 is 0 Å². The van der Waals surface area contributed by atoms with Gasteiger partial charge in [0.2, 0.25) is 0 Å². The summed E-state index contributed by atoms with van der Waals surface area (Å²) in [6.45, 7) is 10.0. The van der Waals surface area contributed by atoms with Crippen LogP contribution in [0.1, 0.15) is 142 Å². The third-order valence-corrected chi connectivity index (χ3v) is 9.37. The molecule has 0 spiro atoms. The van der Waals surface area contributed by atoms with Crippen LogP contribution in [0.25, 0.3) is 11.1 Å². The highest BCUT2D eigenvalue weighted by Crippen LogP contribution is 2.46. The molecule has 2 heteroatoms. The van der Waals surface area contributed by atoms with Gasteiger partial charge in [-0.2, -0.15) is 5.26 Å². The van der Waals surface area contributed by atoms with Crippen molar-refractivity contribution in [3.8, 4) is 22.9 Å². The molecule has 220 valence electrons. The second kappa shape index (κ2) is 17.5. The van der Waals surface area contributed by atoms with Gasteiger partial charge in [-0.3, -0.25) is 0 Å². The summed E-state index contributed by atoms with van der Waals surface area (Å²) >= 11 is 0. The normalized spacial score (nSPS) is 19.9. The Labute approximate surface area is 246 Å².